The third-order valence-electron chi connectivity index (χ3n) is 2.39. The molecule has 0 spiro atoms. The lowest BCUT2D eigenvalue weighted by Crippen LogP contribution is -2.44. The Labute approximate surface area is 107 Å². The van der Waals surface area contributed by atoms with E-state index in [0.29, 0.717) is 12.5 Å². The highest BCUT2D eigenvalue weighted by atomic mass is 16.4. The molecule has 0 rings (SSSR count). The summed E-state index contributed by atoms with van der Waals surface area (Å²) in [6, 6.07) is 0. The summed E-state index contributed by atoms with van der Waals surface area (Å²) in [5.41, 5.74) is 5.34. The van der Waals surface area contributed by atoms with Crippen molar-refractivity contribution in [3.63, 3.8) is 0 Å². The molecule has 0 radical (unpaired) electrons. The Morgan fingerprint density at radius 2 is 1.94 bits per heavy atom. The fraction of sp³-hybridized carbons (Fsp3) is 0.727. The van der Waals surface area contributed by atoms with E-state index in [4.69, 9.17) is 10.9 Å². The van der Waals surface area contributed by atoms with Gasteiger partial charge in [-0.1, -0.05) is 19.0 Å². The zero-order valence-corrected chi connectivity index (χ0v) is 11.3. The maximum absolute atomic E-state index is 11.8. The average molecular weight is 258 g/mol. The highest BCUT2D eigenvalue weighted by Gasteiger charge is 2.22. The van der Waals surface area contributed by atoms with Crippen LogP contribution in [0.4, 0.5) is 0 Å². The first-order chi connectivity index (χ1) is 8.29. The van der Waals surface area contributed by atoms with Gasteiger partial charge in [-0.15, -0.1) is 0 Å². The van der Waals surface area contributed by atoms with Gasteiger partial charge in [0.1, 0.15) is 0 Å². The molecule has 0 saturated carbocycles. The molecule has 0 fully saturated rings. The summed E-state index contributed by atoms with van der Waals surface area (Å²) in [4.78, 5) is 24.5. The number of nitrogens with zero attached hydrogens (tertiary/aromatic N) is 2. The highest BCUT2D eigenvalue weighted by Crippen LogP contribution is 2.01. The predicted octanol–water partition coefficient (Wildman–Crippen LogP) is -0.400. The van der Waals surface area contributed by atoms with Crippen molar-refractivity contribution >= 4 is 17.6 Å². The first kappa shape index (κ1) is 16.2. The average Bonchev–Trinajstić information content (AvgIpc) is 2.33. The fourth-order valence-electron chi connectivity index (χ4n) is 1.21. The molecule has 1 unspecified atom stereocenters. The Bertz CT molecular complexity index is 328. The van der Waals surface area contributed by atoms with Crippen LogP contribution in [-0.4, -0.2) is 47.9 Å². The first-order valence-corrected chi connectivity index (χ1v) is 5.78. The molecule has 0 aromatic carbocycles. The van der Waals surface area contributed by atoms with Crippen LogP contribution in [0.25, 0.3) is 0 Å². The maximum Gasteiger partial charge on any atom is 0.239 e. The molecule has 0 aliphatic carbocycles. The molecule has 2 amide bonds. The second-order valence-electron chi connectivity index (χ2n) is 4.64. The van der Waals surface area contributed by atoms with E-state index in [1.165, 1.54) is 18.9 Å². The monoisotopic (exact) mass is 258 g/mol. The number of amides is 2. The molecule has 1 atom stereocenters. The van der Waals surface area contributed by atoms with Crippen molar-refractivity contribution in [2.24, 2.45) is 22.7 Å². The Morgan fingerprint density at radius 3 is 2.39 bits per heavy atom. The van der Waals surface area contributed by atoms with Crippen molar-refractivity contribution < 1.29 is 14.8 Å². The van der Waals surface area contributed by atoms with Gasteiger partial charge in [-0.3, -0.25) is 9.59 Å². The standard InChI is InChI=1S/C11H22N4O3/c1-7(2)5-13-9(16)6-15(4)11(17)8(3)10(12)14-18/h7-8,18H,5-6H2,1-4H3,(H2,12,14)(H,13,16). The van der Waals surface area contributed by atoms with E-state index < -0.39 is 5.92 Å². The van der Waals surface area contributed by atoms with E-state index in [1.807, 2.05) is 13.8 Å². The van der Waals surface area contributed by atoms with Gasteiger partial charge in [0.25, 0.3) is 0 Å². The maximum atomic E-state index is 11.8. The van der Waals surface area contributed by atoms with Crippen molar-refractivity contribution in [2.75, 3.05) is 20.1 Å². The Hall–Kier alpha value is -1.79. The van der Waals surface area contributed by atoms with Gasteiger partial charge in [0.05, 0.1) is 12.5 Å². The summed E-state index contributed by atoms with van der Waals surface area (Å²) >= 11 is 0. The normalized spacial score (nSPS) is 13.3. The summed E-state index contributed by atoms with van der Waals surface area (Å²) in [6.45, 7) is 6.00. The molecule has 0 aliphatic rings. The second kappa shape index (κ2) is 7.52. The molecular weight excluding hydrogens is 236 g/mol. The van der Waals surface area contributed by atoms with E-state index in [1.54, 1.807) is 0 Å². The quantitative estimate of drug-likeness (QED) is 0.261. The van der Waals surface area contributed by atoms with E-state index >= 15 is 0 Å². The summed E-state index contributed by atoms with van der Waals surface area (Å²) < 4.78 is 0. The number of nitrogens with two attached hydrogens (primary N) is 1. The molecular formula is C11H22N4O3. The molecule has 0 aliphatic heterocycles. The van der Waals surface area contributed by atoms with Crippen LogP contribution in [0.1, 0.15) is 20.8 Å². The minimum atomic E-state index is -0.752. The van der Waals surface area contributed by atoms with E-state index in [-0.39, 0.29) is 24.2 Å². The molecule has 0 bridgehead atoms. The molecule has 0 aromatic heterocycles. The van der Waals surface area contributed by atoms with Gasteiger partial charge in [-0.25, -0.2) is 0 Å². The van der Waals surface area contributed by atoms with Crippen molar-refractivity contribution in [2.45, 2.75) is 20.8 Å². The van der Waals surface area contributed by atoms with Crippen molar-refractivity contribution in [3.05, 3.63) is 0 Å². The van der Waals surface area contributed by atoms with Crippen molar-refractivity contribution in [1.29, 1.82) is 0 Å². The van der Waals surface area contributed by atoms with Gasteiger partial charge in [0, 0.05) is 13.6 Å². The van der Waals surface area contributed by atoms with Gasteiger partial charge >= 0.3 is 0 Å². The number of oxime groups is 1. The minimum Gasteiger partial charge on any atom is -0.409 e. The van der Waals surface area contributed by atoms with Crippen LogP contribution in [0.2, 0.25) is 0 Å². The van der Waals surface area contributed by atoms with Gasteiger partial charge in [0.15, 0.2) is 5.84 Å². The number of hydrogen-bond donors (Lipinski definition) is 3. The first-order valence-electron chi connectivity index (χ1n) is 5.78. The van der Waals surface area contributed by atoms with E-state index in [0.717, 1.165) is 0 Å². The number of likely N-dealkylation sites (N-methyl/N-ethyl adjacent to an activating group) is 1. The molecule has 18 heavy (non-hydrogen) atoms. The number of carbonyl (C=O) groups is 2. The lowest BCUT2D eigenvalue weighted by molar-refractivity contribution is -0.136. The zero-order chi connectivity index (χ0) is 14.3. The molecule has 0 heterocycles. The summed E-state index contributed by atoms with van der Waals surface area (Å²) in [6.07, 6.45) is 0. The van der Waals surface area contributed by atoms with Gasteiger partial charge in [0.2, 0.25) is 11.8 Å². The smallest absolute Gasteiger partial charge is 0.239 e. The topological polar surface area (TPSA) is 108 Å². The summed E-state index contributed by atoms with van der Waals surface area (Å²) in [5.74, 6) is -1.17. The molecule has 0 aromatic rings. The fourth-order valence-corrected chi connectivity index (χ4v) is 1.21. The number of hydrogen-bond acceptors (Lipinski definition) is 4. The van der Waals surface area contributed by atoms with Gasteiger partial charge in [-0.2, -0.15) is 0 Å². The predicted molar refractivity (Wildman–Crippen MR) is 68.1 cm³/mol. The number of rotatable bonds is 6. The SMILES string of the molecule is CC(C)CNC(=O)CN(C)C(=O)C(C)C(N)=NO. The van der Waals surface area contributed by atoms with E-state index in [2.05, 4.69) is 10.5 Å². The Balaban J connectivity index is 4.28. The van der Waals surface area contributed by atoms with Crippen molar-refractivity contribution in [3.8, 4) is 0 Å². The molecule has 7 heteroatoms. The van der Waals surface area contributed by atoms with Crippen LogP contribution in [0, 0.1) is 11.8 Å². The molecule has 0 saturated heterocycles. The number of nitrogens with one attached hydrogen (secondary N) is 1. The van der Waals surface area contributed by atoms with E-state index in [9.17, 15) is 9.59 Å². The van der Waals surface area contributed by atoms with Gasteiger partial charge < -0.3 is 21.2 Å². The summed E-state index contributed by atoms with van der Waals surface area (Å²) in [5, 5.41) is 14.0. The van der Waals surface area contributed by atoms with Gasteiger partial charge in [-0.05, 0) is 12.8 Å². The minimum absolute atomic E-state index is 0.0470. The molecule has 4 N–H and O–H groups in total. The Kier molecular flexibility index (Phi) is 6.77. The number of amidine groups is 1. The van der Waals surface area contributed by atoms with Crippen molar-refractivity contribution in [1.82, 2.24) is 10.2 Å². The Morgan fingerprint density at radius 1 is 1.39 bits per heavy atom. The second-order valence-corrected chi connectivity index (χ2v) is 4.64. The third kappa shape index (κ3) is 5.51. The van der Waals surface area contributed by atoms with Crippen LogP contribution >= 0.6 is 0 Å². The lowest BCUT2D eigenvalue weighted by Gasteiger charge is -2.20. The summed E-state index contributed by atoms with van der Waals surface area (Å²) in [7, 11) is 1.50. The van der Waals surface area contributed by atoms with Crippen LogP contribution in [0.15, 0.2) is 5.16 Å². The van der Waals surface area contributed by atoms with Crippen LogP contribution in [-0.2, 0) is 9.59 Å². The zero-order valence-electron chi connectivity index (χ0n) is 11.3. The molecule has 104 valence electrons. The lowest BCUT2D eigenvalue weighted by atomic mass is 10.1. The van der Waals surface area contributed by atoms with Crippen LogP contribution in [0.5, 0.6) is 0 Å². The molecule has 7 nitrogen and oxygen atoms in total. The van der Waals surface area contributed by atoms with Crippen LogP contribution in [0.3, 0.4) is 0 Å². The largest absolute Gasteiger partial charge is 0.409 e. The number of carbonyl (C=O) groups excluding carboxylic acids is 2. The van der Waals surface area contributed by atoms with Crippen LogP contribution < -0.4 is 11.1 Å². The highest BCUT2D eigenvalue weighted by molar-refractivity contribution is 6.02. The third-order valence-corrected chi connectivity index (χ3v) is 2.39.